The fourth-order valence-electron chi connectivity index (χ4n) is 4.32. The minimum absolute atomic E-state index is 0.103. The van der Waals surface area contributed by atoms with E-state index in [-0.39, 0.29) is 17.6 Å². The maximum atomic E-state index is 13.4. The van der Waals surface area contributed by atoms with Gasteiger partial charge in [0, 0.05) is 17.6 Å². The molecule has 0 heterocycles. The second kappa shape index (κ2) is 7.43. The van der Waals surface area contributed by atoms with Crippen LogP contribution >= 0.6 is 0 Å². The molecule has 2 aliphatic rings. The number of aliphatic carboxylic acids is 1. The van der Waals surface area contributed by atoms with Gasteiger partial charge in [0.2, 0.25) is 5.78 Å². The van der Waals surface area contributed by atoms with Crippen molar-refractivity contribution < 1.29 is 14.7 Å². The Kier molecular flexibility index (Phi) is 4.95. The molecule has 0 unspecified atom stereocenters. The van der Waals surface area contributed by atoms with Gasteiger partial charge < -0.3 is 5.11 Å². The highest BCUT2D eigenvalue weighted by atomic mass is 16.4. The molecule has 4 heteroatoms. The predicted octanol–water partition coefficient (Wildman–Crippen LogP) is 4.72. The van der Waals surface area contributed by atoms with Crippen LogP contribution in [0.25, 0.3) is 5.57 Å². The van der Waals surface area contributed by atoms with Gasteiger partial charge in [0.1, 0.15) is 5.71 Å². The Bertz CT molecular complexity index is 1030. The Hall–Kier alpha value is -3.01. The van der Waals surface area contributed by atoms with Crippen LogP contribution in [-0.4, -0.2) is 28.6 Å². The maximum Gasteiger partial charge on any atom is 0.328 e. The van der Waals surface area contributed by atoms with Crippen LogP contribution in [0.5, 0.6) is 0 Å². The topological polar surface area (TPSA) is 66.7 Å². The molecule has 29 heavy (non-hydrogen) atoms. The van der Waals surface area contributed by atoms with E-state index in [1.54, 1.807) is 0 Å². The average Bonchev–Trinajstić information content (AvgIpc) is 2.70. The molecule has 148 valence electrons. The Morgan fingerprint density at radius 3 is 2.38 bits per heavy atom. The third-order valence-corrected chi connectivity index (χ3v) is 5.91. The molecule has 0 aromatic heterocycles. The van der Waals surface area contributed by atoms with Gasteiger partial charge in [-0.15, -0.1) is 0 Å². The van der Waals surface area contributed by atoms with Crippen molar-refractivity contribution in [3.05, 3.63) is 76.9 Å². The number of carboxylic acid groups (broad SMARTS) is 1. The van der Waals surface area contributed by atoms with Crippen molar-refractivity contribution in [1.82, 2.24) is 0 Å². The lowest BCUT2D eigenvalue weighted by Gasteiger charge is -2.36. The van der Waals surface area contributed by atoms with Crippen molar-refractivity contribution >= 4 is 23.0 Å². The standard InChI is InChI=1S/C25H25NO3/c1-25(2)13-12-19-20(15-25)17-10-6-7-11-18(17)22(23(19)27)26-21(24(28)29)14-16-8-4-3-5-9-16/h3-11,21H,12-15H2,1-2H3,(H,28,29)/b26-22-/t21-/m0/s1. The number of carboxylic acids is 1. The van der Waals surface area contributed by atoms with E-state index in [0.29, 0.717) is 12.1 Å². The van der Waals surface area contributed by atoms with Gasteiger partial charge >= 0.3 is 5.97 Å². The molecule has 0 spiro atoms. The molecule has 0 bridgehead atoms. The number of carbonyl (C=O) groups excluding carboxylic acids is 1. The number of rotatable bonds is 4. The summed E-state index contributed by atoms with van der Waals surface area (Å²) >= 11 is 0. The lowest BCUT2D eigenvalue weighted by atomic mass is 9.68. The zero-order valence-electron chi connectivity index (χ0n) is 16.8. The number of allylic oxidation sites excluding steroid dienone is 2. The zero-order chi connectivity index (χ0) is 20.6. The number of hydrogen-bond acceptors (Lipinski definition) is 3. The maximum absolute atomic E-state index is 13.4. The molecule has 1 atom stereocenters. The predicted molar refractivity (Wildman–Crippen MR) is 114 cm³/mol. The summed E-state index contributed by atoms with van der Waals surface area (Å²) in [5.74, 6) is -1.12. The summed E-state index contributed by atoms with van der Waals surface area (Å²) in [5.41, 5.74) is 5.03. The van der Waals surface area contributed by atoms with Crippen LogP contribution in [0, 0.1) is 5.41 Å². The van der Waals surface area contributed by atoms with E-state index in [2.05, 4.69) is 18.8 Å². The van der Waals surface area contributed by atoms with Gasteiger partial charge in [-0.3, -0.25) is 9.79 Å². The molecule has 0 fully saturated rings. The molecule has 0 radical (unpaired) electrons. The smallest absolute Gasteiger partial charge is 0.328 e. The van der Waals surface area contributed by atoms with Gasteiger partial charge in [0.15, 0.2) is 6.04 Å². The highest BCUT2D eigenvalue weighted by molar-refractivity contribution is 6.54. The summed E-state index contributed by atoms with van der Waals surface area (Å²) < 4.78 is 0. The van der Waals surface area contributed by atoms with Crippen LogP contribution in [0.4, 0.5) is 0 Å². The molecular weight excluding hydrogens is 362 g/mol. The summed E-state index contributed by atoms with van der Waals surface area (Å²) in [6.45, 7) is 4.46. The van der Waals surface area contributed by atoms with Gasteiger partial charge in [-0.2, -0.15) is 0 Å². The first-order valence-corrected chi connectivity index (χ1v) is 10.1. The molecule has 1 N–H and O–H groups in total. The molecule has 0 saturated carbocycles. The Morgan fingerprint density at radius 1 is 1.03 bits per heavy atom. The number of ketones is 1. The van der Waals surface area contributed by atoms with Gasteiger partial charge in [-0.05, 0) is 41.4 Å². The highest BCUT2D eigenvalue weighted by Crippen LogP contribution is 2.46. The van der Waals surface area contributed by atoms with Crippen LogP contribution in [0.2, 0.25) is 0 Å². The van der Waals surface area contributed by atoms with E-state index in [0.717, 1.165) is 40.7 Å². The molecule has 4 rings (SSSR count). The molecular formula is C25H25NO3. The molecule has 2 aromatic rings. The van der Waals surface area contributed by atoms with Crippen LogP contribution in [-0.2, 0) is 16.0 Å². The van der Waals surface area contributed by atoms with Crippen LogP contribution < -0.4 is 0 Å². The minimum Gasteiger partial charge on any atom is -0.480 e. The summed E-state index contributed by atoms with van der Waals surface area (Å²) in [7, 11) is 0. The number of hydrogen-bond donors (Lipinski definition) is 1. The molecule has 0 saturated heterocycles. The first-order valence-electron chi connectivity index (χ1n) is 10.1. The largest absolute Gasteiger partial charge is 0.480 e. The van der Waals surface area contributed by atoms with E-state index < -0.39 is 12.0 Å². The number of Topliss-reactive ketones (excluding diaryl/α,β-unsaturated/α-hetero) is 1. The molecule has 4 nitrogen and oxygen atoms in total. The third-order valence-electron chi connectivity index (χ3n) is 5.91. The second-order valence-electron chi connectivity index (χ2n) is 8.69. The van der Waals surface area contributed by atoms with E-state index >= 15 is 0 Å². The average molecular weight is 387 g/mol. The molecule has 2 aromatic carbocycles. The van der Waals surface area contributed by atoms with E-state index in [4.69, 9.17) is 0 Å². The fraction of sp³-hybridized carbons (Fsp3) is 0.320. The van der Waals surface area contributed by atoms with E-state index in [1.807, 2.05) is 54.6 Å². The van der Waals surface area contributed by atoms with Gasteiger partial charge in [0.05, 0.1) is 0 Å². The van der Waals surface area contributed by atoms with Crippen molar-refractivity contribution in [2.75, 3.05) is 0 Å². The quantitative estimate of drug-likeness (QED) is 0.826. The second-order valence-corrected chi connectivity index (χ2v) is 8.69. The SMILES string of the molecule is CC1(C)CCC2=C(C1)c1ccccc1/C(=N/[C@@H](Cc1ccccc1)C(=O)O)C2=O. The number of aliphatic imine (C=N–C) groups is 1. The van der Waals surface area contributed by atoms with Gasteiger partial charge in [0.25, 0.3) is 0 Å². The van der Waals surface area contributed by atoms with Gasteiger partial charge in [-0.1, -0.05) is 68.4 Å². The number of nitrogens with zero attached hydrogens (tertiary/aromatic N) is 1. The lowest BCUT2D eigenvalue weighted by Crippen LogP contribution is -2.32. The number of carbonyl (C=O) groups is 2. The molecule has 2 aliphatic carbocycles. The minimum atomic E-state index is -1.02. The number of benzene rings is 2. The first-order chi connectivity index (χ1) is 13.9. The van der Waals surface area contributed by atoms with Crippen LogP contribution in [0.1, 0.15) is 49.8 Å². The molecule has 0 aliphatic heterocycles. The third kappa shape index (κ3) is 3.80. The van der Waals surface area contributed by atoms with Crippen molar-refractivity contribution in [1.29, 1.82) is 0 Å². The van der Waals surface area contributed by atoms with Crippen molar-refractivity contribution in [3.8, 4) is 0 Å². The summed E-state index contributed by atoms with van der Waals surface area (Å²) in [6, 6.07) is 16.2. The fourth-order valence-corrected chi connectivity index (χ4v) is 4.32. The zero-order valence-corrected chi connectivity index (χ0v) is 16.8. The monoisotopic (exact) mass is 387 g/mol. The van der Waals surface area contributed by atoms with Crippen LogP contribution in [0.15, 0.2) is 65.2 Å². The Morgan fingerprint density at radius 2 is 1.69 bits per heavy atom. The Labute approximate surface area is 171 Å². The van der Waals surface area contributed by atoms with Crippen molar-refractivity contribution in [3.63, 3.8) is 0 Å². The summed E-state index contributed by atoms with van der Waals surface area (Å²) in [4.78, 5) is 29.8. The normalized spacial score (nSPS) is 20.2. The first kappa shape index (κ1) is 19.3. The Balaban J connectivity index is 1.79. The summed E-state index contributed by atoms with van der Waals surface area (Å²) in [5, 5.41) is 9.77. The van der Waals surface area contributed by atoms with Crippen molar-refractivity contribution in [2.45, 2.75) is 45.6 Å². The highest BCUT2D eigenvalue weighted by Gasteiger charge is 2.37. The van der Waals surface area contributed by atoms with E-state index in [1.165, 1.54) is 0 Å². The van der Waals surface area contributed by atoms with Gasteiger partial charge in [-0.25, -0.2) is 4.79 Å². The van der Waals surface area contributed by atoms with Crippen LogP contribution in [0.3, 0.4) is 0 Å². The van der Waals surface area contributed by atoms with Crippen molar-refractivity contribution in [2.24, 2.45) is 10.4 Å². The molecule has 0 amide bonds. The number of fused-ring (bicyclic) bond motifs is 2. The lowest BCUT2D eigenvalue weighted by molar-refractivity contribution is -0.138. The summed E-state index contributed by atoms with van der Waals surface area (Å²) in [6.07, 6.45) is 2.77. The van der Waals surface area contributed by atoms with E-state index in [9.17, 15) is 14.7 Å².